The van der Waals surface area contributed by atoms with E-state index in [1.54, 1.807) is 24.3 Å². The SMILES string of the molecule is Cc1nc(N)nc(Oc2ccccc2Cl)c1[N+](=O)[O-]. The molecule has 2 N–H and O–H groups in total. The predicted octanol–water partition coefficient (Wildman–Crippen LogP) is 2.72. The van der Waals surface area contributed by atoms with Crippen LogP contribution in [-0.2, 0) is 0 Å². The van der Waals surface area contributed by atoms with E-state index in [0.717, 1.165) is 0 Å². The maximum Gasteiger partial charge on any atom is 0.352 e. The Labute approximate surface area is 113 Å². The summed E-state index contributed by atoms with van der Waals surface area (Å²) in [6, 6.07) is 6.56. The molecule has 0 unspecified atom stereocenters. The van der Waals surface area contributed by atoms with Crippen molar-refractivity contribution in [2.45, 2.75) is 6.92 Å². The molecule has 0 spiro atoms. The highest BCUT2D eigenvalue weighted by Crippen LogP contribution is 2.34. The maximum atomic E-state index is 11.0. The number of hydrogen-bond donors (Lipinski definition) is 1. The fourth-order valence-corrected chi connectivity index (χ4v) is 1.65. The molecule has 7 nitrogen and oxygen atoms in total. The molecule has 0 bridgehead atoms. The Hall–Kier alpha value is -2.41. The number of anilines is 1. The van der Waals surface area contributed by atoms with Crippen molar-refractivity contribution < 1.29 is 9.66 Å². The van der Waals surface area contributed by atoms with E-state index >= 15 is 0 Å². The average Bonchev–Trinajstić information content (AvgIpc) is 2.30. The third-order valence-corrected chi connectivity index (χ3v) is 2.58. The van der Waals surface area contributed by atoms with Crippen molar-refractivity contribution in [2.75, 3.05) is 5.73 Å². The molecule has 1 aromatic heterocycles. The number of hydrogen-bond acceptors (Lipinski definition) is 6. The standard InChI is InChI=1S/C11H9ClN4O3/c1-6-9(16(17)18)10(15-11(13)14-6)19-8-5-3-2-4-7(8)12/h2-5H,1H3,(H2,13,14,15). The maximum absolute atomic E-state index is 11.0. The van der Waals surface area contributed by atoms with Crippen LogP contribution in [0.25, 0.3) is 0 Å². The van der Waals surface area contributed by atoms with Crippen molar-refractivity contribution in [2.24, 2.45) is 0 Å². The summed E-state index contributed by atoms with van der Waals surface area (Å²) in [6.07, 6.45) is 0. The minimum Gasteiger partial charge on any atom is -0.432 e. The summed E-state index contributed by atoms with van der Waals surface area (Å²) in [7, 11) is 0. The summed E-state index contributed by atoms with van der Waals surface area (Å²) < 4.78 is 5.36. The molecule has 2 rings (SSSR count). The van der Waals surface area contributed by atoms with E-state index in [-0.39, 0.29) is 29.0 Å². The highest BCUT2D eigenvalue weighted by Gasteiger charge is 2.24. The second-order valence-electron chi connectivity index (χ2n) is 3.61. The fourth-order valence-electron chi connectivity index (χ4n) is 1.47. The Kier molecular flexibility index (Phi) is 3.48. The number of aryl methyl sites for hydroxylation is 1. The smallest absolute Gasteiger partial charge is 0.352 e. The first-order chi connectivity index (χ1) is 8.99. The number of aromatic nitrogens is 2. The Balaban J connectivity index is 2.51. The minimum absolute atomic E-state index is 0.106. The van der Waals surface area contributed by atoms with Crippen molar-refractivity contribution in [3.63, 3.8) is 0 Å². The van der Waals surface area contributed by atoms with Gasteiger partial charge >= 0.3 is 11.6 Å². The fraction of sp³-hybridized carbons (Fsp3) is 0.0909. The quantitative estimate of drug-likeness (QED) is 0.684. The molecular formula is C11H9ClN4O3. The van der Waals surface area contributed by atoms with Crippen molar-refractivity contribution in [3.05, 3.63) is 45.1 Å². The minimum atomic E-state index is -0.624. The van der Waals surface area contributed by atoms with Gasteiger partial charge in [-0.05, 0) is 19.1 Å². The summed E-state index contributed by atoms with van der Waals surface area (Å²) in [6.45, 7) is 1.45. The van der Waals surface area contributed by atoms with Crippen LogP contribution < -0.4 is 10.5 Å². The van der Waals surface area contributed by atoms with Crippen LogP contribution in [0.1, 0.15) is 5.69 Å². The van der Waals surface area contributed by atoms with E-state index in [1.165, 1.54) is 6.92 Å². The van der Waals surface area contributed by atoms with Crippen LogP contribution in [0.5, 0.6) is 11.6 Å². The normalized spacial score (nSPS) is 10.2. The van der Waals surface area contributed by atoms with Crippen molar-refractivity contribution in [3.8, 4) is 11.6 Å². The van der Waals surface area contributed by atoms with Gasteiger partial charge in [-0.1, -0.05) is 23.7 Å². The number of para-hydroxylation sites is 1. The van der Waals surface area contributed by atoms with Crippen LogP contribution in [0.2, 0.25) is 5.02 Å². The monoisotopic (exact) mass is 280 g/mol. The topological polar surface area (TPSA) is 104 Å². The van der Waals surface area contributed by atoms with Crippen LogP contribution >= 0.6 is 11.6 Å². The number of benzene rings is 1. The molecule has 19 heavy (non-hydrogen) atoms. The number of nitrogens with zero attached hydrogens (tertiary/aromatic N) is 3. The third-order valence-electron chi connectivity index (χ3n) is 2.27. The van der Waals surface area contributed by atoms with Gasteiger partial charge in [-0.15, -0.1) is 0 Å². The molecule has 0 aliphatic rings. The summed E-state index contributed by atoms with van der Waals surface area (Å²) in [4.78, 5) is 17.8. The summed E-state index contributed by atoms with van der Waals surface area (Å²) in [5.74, 6) is -0.0852. The molecule has 0 radical (unpaired) electrons. The van der Waals surface area contributed by atoms with E-state index in [2.05, 4.69) is 9.97 Å². The molecule has 0 fully saturated rings. The molecule has 0 atom stereocenters. The van der Waals surface area contributed by atoms with Crippen molar-refractivity contribution in [1.29, 1.82) is 0 Å². The zero-order chi connectivity index (χ0) is 14.0. The Morgan fingerprint density at radius 2 is 2.05 bits per heavy atom. The van der Waals surface area contributed by atoms with E-state index in [0.29, 0.717) is 5.02 Å². The first kappa shape index (κ1) is 13.0. The number of ether oxygens (including phenoxy) is 1. The lowest BCUT2D eigenvalue weighted by molar-refractivity contribution is -0.386. The molecule has 0 aliphatic heterocycles. The number of nitro groups is 1. The number of halogens is 1. The van der Waals surface area contributed by atoms with Gasteiger partial charge in [-0.25, -0.2) is 4.98 Å². The molecule has 2 aromatic rings. The van der Waals surface area contributed by atoms with Crippen molar-refractivity contribution >= 4 is 23.2 Å². The van der Waals surface area contributed by atoms with Crippen LogP contribution in [0.15, 0.2) is 24.3 Å². The van der Waals surface area contributed by atoms with E-state index in [4.69, 9.17) is 22.1 Å². The second-order valence-corrected chi connectivity index (χ2v) is 4.02. The Bertz CT molecular complexity index is 648. The average molecular weight is 281 g/mol. The van der Waals surface area contributed by atoms with Gasteiger partial charge in [0.25, 0.3) is 0 Å². The van der Waals surface area contributed by atoms with Gasteiger partial charge in [0, 0.05) is 0 Å². The molecule has 1 heterocycles. The molecule has 0 saturated heterocycles. The molecule has 0 saturated carbocycles. The molecule has 98 valence electrons. The van der Waals surface area contributed by atoms with Crippen LogP contribution in [-0.4, -0.2) is 14.9 Å². The van der Waals surface area contributed by atoms with Crippen molar-refractivity contribution in [1.82, 2.24) is 9.97 Å². The second kappa shape index (κ2) is 5.07. The molecule has 1 aromatic carbocycles. The van der Waals surface area contributed by atoms with Crippen LogP contribution in [0, 0.1) is 17.0 Å². The first-order valence-corrected chi connectivity index (χ1v) is 5.57. The summed E-state index contributed by atoms with van der Waals surface area (Å²) >= 11 is 5.92. The third kappa shape index (κ3) is 2.71. The highest BCUT2D eigenvalue weighted by atomic mass is 35.5. The predicted molar refractivity (Wildman–Crippen MR) is 69.4 cm³/mol. The summed E-state index contributed by atoms with van der Waals surface area (Å²) in [5.41, 5.74) is 5.25. The summed E-state index contributed by atoms with van der Waals surface area (Å²) in [5, 5.41) is 11.3. The van der Waals surface area contributed by atoms with Gasteiger partial charge < -0.3 is 10.5 Å². The van der Waals surface area contributed by atoms with Crippen LogP contribution in [0.4, 0.5) is 11.6 Å². The van der Waals surface area contributed by atoms with Gasteiger partial charge in [0.15, 0.2) is 0 Å². The van der Waals surface area contributed by atoms with Crippen LogP contribution in [0.3, 0.4) is 0 Å². The lowest BCUT2D eigenvalue weighted by Crippen LogP contribution is -2.04. The highest BCUT2D eigenvalue weighted by molar-refractivity contribution is 6.32. The van der Waals surface area contributed by atoms with Gasteiger partial charge in [-0.2, -0.15) is 4.98 Å². The zero-order valence-electron chi connectivity index (χ0n) is 9.83. The van der Waals surface area contributed by atoms with Gasteiger partial charge in [0.1, 0.15) is 11.4 Å². The lowest BCUT2D eigenvalue weighted by atomic mass is 10.3. The van der Waals surface area contributed by atoms with E-state index in [1.807, 2.05) is 0 Å². The van der Waals surface area contributed by atoms with E-state index in [9.17, 15) is 10.1 Å². The Morgan fingerprint density at radius 3 is 2.68 bits per heavy atom. The number of rotatable bonds is 3. The molecule has 0 aliphatic carbocycles. The van der Waals surface area contributed by atoms with E-state index < -0.39 is 4.92 Å². The molecule has 0 amide bonds. The molecule has 8 heteroatoms. The number of nitrogen functional groups attached to an aromatic ring is 1. The zero-order valence-corrected chi connectivity index (χ0v) is 10.6. The number of nitrogens with two attached hydrogens (primary N) is 1. The van der Waals surface area contributed by atoms with Gasteiger partial charge in [-0.3, -0.25) is 10.1 Å². The van der Waals surface area contributed by atoms with Gasteiger partial charge in [0.05, 0.1) is 9.95 Å². The lowest BCUT2D eigenvalue weighted by Gasteiger charge is -2.08. The van der Waals surface area contributed by atoms with Gasteiger partial charge in [0.2, 0.25) is 5.95 Å². The Morgan fingerprint density at radius 1 is 1.37 bits per heavy atom. The largest absolute Gasteiger partial charge is 0.432 e. The molecular weight excluding hydrogens is 272 g/mol. The first-order valence-electron chi connectivity index (χ1n) is 5.20.